The van der Waals surface area contributed by atoms with Gasteiger partial charge in [-0.2, -0.15) is 0 Å². The molecule has 11 nitrogen and oxygen atoms in total. The maximum Gasteiger partial charge on any atom is 0.256 e. The summed E-state index contributed by atoms with van der Waals surface area (Å²) in [7, 11) is 0. The van der Waals surface area contributed by atoms with Crippen molar-refractivity contribution in [1.82, 2.24) is 29.7 Å². The Labute approximate surface area is 202 Å². The second-order valence-electron chi connectivity index (χ2n) is 9.59. The Morgan fingerprint density at radius 2 is 2.00 bits per heavy atom. The molecule has 0 bridgehead atoms. The van der Waals surface area contributed by atoms with E-state index in [2.05, 4.69) is 30.5 Å². The van der Waals surface area contributed by atoms with Gasteiger partial charge in [0.25, 0.3) is 5.91 Å². The molecule has 0 aliphatic carbocycles. The first kappa shape index (κ1) is 22.5. The molecule has 35 heavy (non-hydrogen) atoms. The Morgan fingerprint density at radius 1 is 1.17 bits per heavy atom. The average molecular weight is 480 g/mol. The lowest BCUT2D eigenvalue weighted by Crippen LogP contribution is -2.47. The van der Waals surface area contributed by atoms with E-state index in [4.69, 9.17) is 14.2 Å². The topological polar surface area (TPSA) is 116 Å². The molecule has 5 heterocycles. The van der Waals surface area contributed by atoms with Crippen LogP contribution in [0.4, 0.5) is 5.82 Å². The van der Waals surface area contributed by atoms with Crippen molar-refractivity contribution in [2.75, 3.05) is 31.6 Å². The first-order valence-electron chi connectivity index (χ1n) is 12.0. The Balaban J connectivity index is 1.28. The standard InChI is InChI=1S/C24H29N7O4/c1-24(2)34-18-16(11-30-10-6-9-25-13-30)33-23(19(18)35-24)31-14-28-17-20(26-12-27-21(17)31)29-22(32)15-7-4-3-5-8-15/h3-5,7-8,12,14,16,18-19,23,25H,6,9-11,13H2,1-2H3,(H,26,27,29,32)/t16-,18-,19-,23-/m1/s1. The second kappa shape index (κ2) is 8.92. The highest BCUT2D eigenvalue weighted by Gasteiger charge is 2.56. The summed E-state index contributed by atoms with van der Waals surface area (Å²) in [6.45, 7) is 7.47. The minimum atomic E-state index is -0.712. The van der Waals surface area contributed by atoms with Crippen LogP contribution in [0.5, 0.6) is 0 Å². The fourth-order valence-corrected chi connectivity index (χ4v) is 5.08. The van der Waals surface area contributed by atoms with E-state index < -0.39 is 12.0 Å². The monoisotopic (exact) mass is 479 g/mol. The molecule has 2 aromatic heterocycles. The lowest BCUT2D eigenvalue weighted by Gasteiger charge is -2.31. The normalized spacial score (nSPS) is 28.3. The molecule has 184 valence electrons. The number of nitrogens with zero attached hydrogens (tertiary/aromatic N) is 5. The number of carbonyl (C=O) groups excluding carboxylic acids is 1. The SMILES string of the molecule is CC1(C)O[C@@H]2[C@H](O1)[C@@H](CN1CCCNC1)O[C@H]2n1cnc2c(NC(=O)c3ccccc3)ncnc21. The number of fused-ring (bicyclic) bond motifs is 2. The van der Waals surface area contributed by atoms with Crippen LogP contribution < -0.4 is 10.6 Å². The zero-order valence-electron chi connectivity index (χ0n) is 19.8. The molecule has 11 heteroatoms. The van der Waals surface area contributed by atoms with E-state index in [1.165, 1.54) is 6.33 Å². The predicted molar refractivity (Wildman–Crippen MR) is 127 cm³/mol. The zero-order chi connectivity index (χ0) is 24.0. The van der Waals surface area contributed by atoms with Crippen molar-refractivity contribution < 1.29 is 19.0 Å². The van der Waals surface area contributed by atoms with E-state index >= 15 is 0 Å². The average Bonchev–Trinajstić information content (AvgIpc) is 3.52. The Kier molecular flexibility index (Phi) is 5.73. The second-order valence-corrected chi connectivity index (χ2v) is 9.59. The minimum absolute atomic E-state index is 0.164. The molecule has 3 saturated heterocycles. The van der Waals surface area contributed by atoms with Crippen LogP contribution in [-0.2, 0) is 14.2 Å². The highest BCUT2D eigenvalue weighted by molar-refractivity contribution is 6.06. The Hall–Kier alpha value is -2.96. The number of carbonyl (C=O) groups is 1. The smallest absolute Gasteiger partial charge is 0.256 e. The molecule has 4 atom stereocenters. The van der Waals surface area contributed by atoms with Crippen LogP contribution in [0.1, 0.15) is 36.9 Å². The van der Waals surface area contributed by atoms with Gasteiger partial charge in [0.2, 0.25) is 0 Å². The van der Waals surface area contributed by atoms with Gasteiger partial charge in [-0.25, -0.2) is 15.0 Å². The maximum absolute atomic E-state index is 12.7. The summed E-state index contributed by atoms with van der Waals surface area (Å²) in [6, 6.07) is 8.98. The van der Waals surface area contributed by atoms with E-state index in [1.54, 1.807) is 18.5 Å². The van der Waals surface area contributed by atoms with Crippen LogP contribution in [-0.4, -0.2) is 80.7 Å². The third-order valence-corrected chi connectivity index (χ3v) is 6.63. The molecule has 6 rings (SSSR count). The largest absolute Gasteiger partial charge is 0.348 e. The highest BCUT2D eigenvalue weighted by Crippen LogP contribution is 2.44. The number of aromatic nitrogens is 4. The zero-order valence-corrected chi connectivity index (χ0v) is 19.8. The molecule has 0 spiro atoms. The molecule has 3 fully saturated rings. The van der Waals surface area contributed by atoms with Gasteiger partial charge in [-0.15, -0.1) is 0 Å². The fraction of sp³-hybridized carbons (Fsp3) is 0.500. The molecule has 1 aromatic carbocycles. The van der Waals surface area contributed by atoms with Gasteiger partial charge in [-0.3, -0.25) is 14.3 Å². The lowest BCUT2D eigenvalue weighted by molar-refractivity contribution is -0.198. The van der Waals surface area contributed by atoms with Gasteiger partial charge >= 0.3 is 0 Å². The summed E-state index contributed by atoms with van der Waals surface area (Å²) in [6.07, 6.45) is 3.02. The molecule has 3 aromatic rings. The summed E-state index contributed by atoms with van der Waals surface area (Å²) in [4.78, 5) is 28.3. The van der Waals surface area contributed by atoms with Crippen molar-refractivity contribution in [3.63, 3.8) is 0 Å². The summed E-state index contributed by atoms with van der Waals surface area (Å²) in [5.74, 6) is -0.630. The van der Waals surface area contributed by atoms with Gasteiger partial charge in [0.15, 0.2) is 29.0 Å². The van der Waals surface area contributed by atoms with Crippen LogP contribution in [0.25, 0.3) is 11.2 Å². The van der Waals surface area contributed by atoms with Crippen LogP contribution in [0.15, 0.2) is 43.0 Å². The van der Waals surface area contributed by atoms with Crippen LogP contribution in [0.2, 0.25) is 0 Å². The van der Waals surface area contributed by atoms with E-state index in [0.717, 1.165) is 32.7 Å². The molecular weight excluding hydrogens is 450 g/mol. The quantitative estimate of drug-likeness (QED) is 0.565. The highest BCUT2D eigenvalue weighted by atomic mass is 16.8. The fourth-order valence-electron chi connectivity index (χ4n) is 5.08. The summed E-state index contributed by atoms with van der Waals surface area (Å²) < 4.78 is 20.9. The number of ether oxygens (including phenoxy) is 3. The van der Waals surface area contributed by atoms with Gasteiger partial charge in [0, 0.05) is 25.3 Å². The number of benzene rings is 1. The molecule has 3 aliphatic rings. The van der Waals surface area contributed by atoms with Gasteiger partial charge in [-0.05, 0) is 38.9 Å². The molecule has 1 amide bonds. The first-order chi connectivity index (χ1) is 17.0. The third-order valence-electron chi connectivity index (χ3n) is 6.63. The number of anilines is 1. The van der Waals surface area contributed by atoms with Crippen molar-refractivity contribution in [3.8, 4) is 0 Å². The molecule has 0 radical (unpaired) electrons. The maximum atomic E-state index is 12.7. The molecular formula is C24H29N7O4. The van der Waals surface area contributed by atoms with Gasteiger partial charge in [0.05, 0.1) is 6.33 Å². The molecule has 2 N–H and O–H groups in total. The Bertz CT molecular complexity index is 1210. The molecule has 0 saturated carbocycles. The number of nitrogens with one attached hydrogen (secondary N) is 2. The Morgan fingerprint density at radius 3 is 2.80 bits per heavy atom. The van der Waals surface area contributed by atoms with E-state index in [9.17, 15) is 4.79 Å². The van der Waals surface area contributed by atoms with E-state index in [-0.39, 0.29) is 24.2 Å². The van der Waals surface area contributed by atoms with Crippen LogP contribution in [0, 0.1) is 0 Å². The lowest BCUT2D eigenvalue weighted by atomic mass is 10.1. The number of hydrogen-bond donors (Lipinski definition) is 2. The van der Waals surface area contributed by atoms with Crippen molar-refractivity contribution in [1.29, 1.82) is 0 Å². The summed E-state index contributed by atoms with van der Waals surface area (Å²) in [5.41, 5.74) is 1.58. The van der Waals surface area contributed by atoms with E-state index in [1.807, 2.05) is 36.6 Å². The van der Waals surface area contributed by atoms with Crippen molar-refractivity contribution in [2.24, 2.45) is 0 Å². The predicted octanol–water partition coefficient (Wildman–Crippen LogP) is 1.75. The van der Waals surface area contributed by atoms with Gasteiger partial charge in [0.1, 0.15) is 24.6 Å². The van der Waals surface area contributed by atoms with Crippen LogP contribution >= 0.6 is 0 Å². The number of amides is 1. The van der Waals surface area contributed by atoms with Gasteiger partial charge < -0.3 is 24.8 Å². The number of hydrogen-bond acceptors (Lipinski definition) is 9. The summed E-state index contributed by atoms with van der Waals surface area (Å²) in [5, 5.41) is 6.26. The number of imidazole rings is 1. The molecule has 0 unspecified atom stereocenters. The van der Waals surface area contributed by atoms with Crippen molar-refractivity contribution in [3.05, 3.63) is 48.5 Å². The van der Waals surface area contributed by atoms with Gasteiger partial charge in [-0.1, -0.05) is 18.2 Å². The minimum Gasteiger partial charge on any atom is -0.348 e. The number of rotatable bonds is 5. The first-order valence-corrected chi connectivity index (χ1v) is 12.0. The third kappa shape index (κ3) is 4.30. The van der Waals surface area contributed by atoms with Crippen molar-refractivity contribution >= 4 is 22.9 Å². The summed E-state index contributed by atoms with van der Waals surface area (Å²) >= 11 is 0. The van der Waals surface area contributed by atoms with Crippen molar-refractivity contribution in [2.45, 2.75) is 50.6 Å². The molecule has 3 aliphatic heterocycles. The van der Waals surface area contributed by atoms with E-state index in [0.29, 0.717) is 22.5 Å². The van der Waals surface area contributed by atoms with Crippen LogP contribution in [0.3, 0.4) is 0 Å².